The standard InChI is InChI=1S/C8H9F3NP/c1-6-3-2-4-7(5-6)12-13-8(9,10)11/h2-5,12-13H,1H3. The first-order valence-corrected chi connectivity index (χ1v) is 4.64. The molecule has 0 amide bonds. The molecule has 5 heteroatoms. The number of benzene rings is 1. The van der Waals surface area contributed by atoms with Crippen molar-refractivity contribution >= 4 is 14.4 Å². The third-order valence-corrected chi connectivity index (χ3v) is 2.06. The van der Waals surface area contributed by atoms with Crippen molar-refractivity contribution in [2.75, 3.05) is 5.09 Å². The second kappa shape index (κ2) is 3.97. The fourth-order valence-corrected chi connectivity index (χ4v) is 1.31. The summed E-state index contributed by atoms with van der Waals surface area (Å²) < 4.78 is 35.4. The van der Waals surface area contributed by atoms with Crippen LogP contribution in [-0.4, -0.2) is 5.92 Å². The van der Waals surface area contributed by atoms with E-state index >= 15 is 0 Å². The molecule has 0 bridgehead atoms. The van der Waals surface area contributed by atoms with Gasteiger partial charge in [-0.2, -0.15) is 13.2 Å². The Balaban J connectivity index is 2.55. The van der Waals surface area contributed by atoms with Crippen LogP contribution in [0.1, 0.15) is 5.56 Å². The van der Waals surface area contributed by atoms with E-state index in [9.17, 15) is 13.2 Å². The van der Waals surface area contributed by atoms with E-state index in [2.05, 4.69) is 5.09 Å². The number of halogens is 3. The largest absolute Gasteiger partial charge is 0.421 e. The number of hydrogen-bond acceptors (Lipinski definition) is 1. The van der Waals surface area contributed by atoms with E-state index in [1.807, 2.05) is 13.0 Å². The van der Waals surface area contributed by atoms with Crippen LogP contribution in [0.4, 0.5) is 18.9 Å². The van der Waals surface area contributed by atoms with E-state index in [1.54, 1.807) is 18.2 Å². The highest BCUT2D eigenvalue weighted by atomic mass is 31.1. The number of alkyl halides is 3. The van der Waals surface area contributed by atoms with Gasteiger partial charge in [0.05, 0.1) is 8.73 Å². The summed E-state index contributed by atoms with van der Waals surface area (Å²) in [4.78, 5) is 0. The van der Waals surface area contributed by atoms with Crippen molar-refractivity contribution in [2.24, 2.45) is 0 Å². The number of nitrogens with one attached hydrogen (secondary N) is 1. The molecular weight excluding hydrogens is 198 g/mol. The Kier molecular flexibility index (Phi) is 3.15. The monoisotopic (exact) mass is 207 g/mol. The van der Waals surface area contributed by atoms with Crippen molar-refractivity contribution in [3.05, 3.63) is 29.8 Å². The number of hydrogen-bond donors (Lipinski definition) is 1. The minimum atomic E-state index is -4.14. The molecule has 0 aliphatic heterocycles. The van der Waals surface area contributed by atoms with Crippen molar-refractivity contribution in [1.82, 2.24) is 0 Å². The summed E-state index contributed by atoms with van der Waals surface area (Å²) >= 11 is 0. The van der Waals surface area contributed by atoms with Crippen molar-refractivity contribution in [3.8, 4) is 0 Å². The highest BCUT2D eigenvalue weighted by Gasteiger charge is 2.26. The van der Waals surface area contributed by atoms with Gasteiger partial charge in [-0.15, -0.1) is 0 Å². The predicted molar refractivity (Wildman–Crippen MR) is 49.2 cm³/mol. The maximum atomic E-state index is 11.8. The smallest absolute Gasteiger partial charge is 0.359 e. The Bertz CT molecular complexity index is 285. The Morgan fingerprint density at radius 2 is 2.00 bits per heavy atom. The minimum absolute atomic E-state index is 0.510. The van der Waals surface area contributed by atoms with Crippen molar-refractivity contribution in [1.29, 1.82) is 0 Å². The van der Waals surface area contributed by atoms with Gasteiger partial charge in [-0.3, -0.25) is 0 Å². The number of anilines is 1. The lowest BCUT2D eigenvalue weighted by Gasteiger charge is -2.09. The molecule has 0 heterocycles. The molecule has 0 saturated carbocycles. The van der Waals surface area contributed by atoms with E-state index in [4.69, 9.17) is 0 Å². The molecule has 0 aliphatic rings. The lowest BCUT2D eigenvalue weighted by molar-refractivity contribution is -0.0365. The molecule has 1 unspecified atom stereocenters. The van der Waals surface area contributed by atoms with E-state index < -0.39 is 14.6 Å². The lowest BCUT2D eigenvalue weighted by atomic mass is 10.2. The Morgan fingerprint density at radius 1 is 1.31 bits per heavy atom. The van der Waals surface area contributed by atoms with Gasteiger partial charge in [0, 0.05) is 5.69 Å². The van der Waals surface area contributed by atoms with Crippen LogP contribution in [-0.2, 0) is 0 Å². The van der Waals surface area contributed by atoms with Crippen molar-refractivity contribution in [3.63, 3.8) is 0 Å². The van der Waals surface area contributed by atoms with Gasteiger partial charge in [0.15, 0.2) is 0 Å². The van der Waals surface area contributed by atoms with Crippen molar-refractivity contribution in [2.45, 2.75) is 12.8 Å². The van der Waals surface area contributed by atoms with Crippen LogP contribution >= 0.6 is 8.73 Å². The zero-order chi connectivity index (χ0) is 9.90. The normalized spacial score (nSPS) is 12.3. The molecule has 0 fully saturated rings. The number of aryl methyl sites for hydroxylation is 1. The maximum absolute atomic E-state index is 11.8. The molecular formula is C8H9F3NP. The summed E-state index contributed by atoms with van der Waals surface area (Å²) in [5, 5.41) is 2.33. The Hall–Kier alpha value is -0.760. The Morgan fingerprint density at radius 3 is 2.54 bits per heavy atom. The van der Waals surface area contributed by atoms with Crippen LogP contribution in [0.2, 0.25) is 0 Å². The van der Waals surface area contributed by atoms with E-state index in [0.717, 1.165) is 5.56 Å². The third kappa shape index (κ3) is 4.13. The predicted octanol–water partition coefficient (Wildman–Crippen LogP) is 3.52. The summed E-state index contributed by atoms with van der Waals surface area (Å²) in [6.07, 6.45) is 0. The summed E-state index contributed by atoms with van der Waals surface area (Å²) in [6, 6.07) is 6.85. The van der Waals surface area contributed by atoms with Crippen LogP contribution in [0.15, 0.2) is 24.3 Å². The van der Waals surface area contributed by atoms with Crippen LogP contribution < -0.4 is 5.09 Å². The zero-order valence-electron chi connectivity index (χ0n) is 6.94. The molecule has 0 aromatic heterocycles. The second-order valence-electron chi connectivity index (χ2n) is 2.62. The molecule has 1 aromatic rings. The first-order chi connectivity index (χ1) is 5.97. The maximum Gasteiger partial charge on any atom is 0.421 e. The summed E-state index contributed by atoms with van der Waals surface area (Å²) in [5.74, 6) is -4.14. The van der Waals surface area contributed by atoms with Gasteiger partial charge in [-0.25, -0.2) is 0 Å². The third-order valence-electron chi connectivity index (χ3n) is 1.37. The minimum Gasteiger partial charge on any atom is -0.359 e. The SMILES string of the molecule is Cc1cccc(NPC(F)(F)F)c1. The molecule has 13 heavy (non-hydrogen) atoms. The molecule has 72 valence electrons. The van der Waals surface area contributed by atoms with Crippen LogP contribution in [0.5, 0.6) is 0 Å². The molecule has 1 nitrogen and oxygen atoms in total. The fourth-order valence-electron chi connectivity index (χ4n) is 0.866. The van der Waals surface area contributed by atoms with E-state index in [-0.39, 0.29) is 0 Å². The Labute approximate surface area is 76.2 Å². The average Bonchev–Trinajstić information content (AvgIpc) is 2.00. The molecule has 0 spiro atoms. The van der Waals surface area contributed by atoms with E-state index in [0.29, 0.717) is 5.69 Å². The van der Waals surface area contributed by atoms with Gasteiger partial charge < -0.3 is 5.09 Å². The highest BCUT2D eigenvalue weighted by Crippen LogP contribution is 2.36. The summed E-state index contributed by atoms with van der Waals surface area (Å²) in [5.41, 5.74) is 1.45. The average molecular weight is 207 g/mol. The van der Waals surface area contributed by atoms with Gasteiger partial charge in [0.1, 0.15) is 0 Å². The van der Waals surface area contributed by atoms with Crippen LogP contribution in [0.3, 0.4) is 0 Å². The topological polar surface area (TPSA) is 12.0 Å². The molecule has 0 radical (unpaired) electrons. The van der Waals surface area contributed by atoms with E-state index in [1.165, 1.54) is 0 Å². The second-order valence-corrected chi connectivity index (χ2v) is 3.68. The highest BCUT2D eigenvalue weighted by molar-refractivity contribution is 7.40. The van der Waals surface area contributed by atoms with Crippen molar-refractivity contribution < 1.29 is 13.2 Å². The first-order valence-electron chi connectivity index (χ1n) is 3.64. The first kappa shape index (κ1) is 10.3. The van der Waals surface area contributed by atoms with Crippen LogP contribution in [0.25, 0.3) is 0 Å². The zero-order valence-corrected chi connectivity index (χ0v) is 7.94. The molecule has 0 aliphatic carbocycles. The molecule has 1 N–H and O–H groups in total. The molecule has 1 aromatic carbocycles. The summed E-state index contributed by atoms with van der Waals surface area (Å²) in [6.45, 7) is 1.84. The van der Waals surface area contributed by atoms with Crippen LogP contribution in [0, 0.1) is 6.92 Å². The quantitative estimate of drug-likeness (QED) is 0.731. The molecule has 1 rings (SSSR count). The lowest BCUT2D eigenvalue weighted by Crippen LogP contribution is -2.01. The summed E-state index contributed by atoms with van der Waals surface area (Å²) in [7, 11) is -1.23. The van der Waals surface area contributed by atoms with Gasteiger partial charge >= 0.3 is 5.92 Å². The van der Waals surface area contributed by atoms with Gasteiger partial charge in [-0.05, 0) is 24.6 Å². The van der Waals surface area contributed by atoms with Gasteiger partial charge in [0.2, 0.25) is 0 Å². The fraction of sp³-hybridized carbons (Fsp3) is 0.250. The molecule has 0 saturated heterocycles. The number of rotatable bonds is 2. The van der Waals surface area contributed by atoms with Gasteiger partial charge in [0.25, 0.3) is 0 Å². The molecule has 1 atom stereocenters. The van der Waals surface area contributed by atoms with Gasteiger partial charge in [-0.1, -0.05) is 12.1 Å².